The Balaban J connectivity index is 1.70. The summed E-state index contributed by atoms with van der Waals surface area (Å²) in [7, 11) is 0. The lowest BCUT2D eigenvalue weighted by molar-refractivity contribution is -0.113. The van der Waals surface area contributed by atoms with Gasteiger partial charge in [0.05, 0.1) is 22.0 Å². The molecule has 1 atom stereocenters. The summed E-state index contributed by atoms with van der Waals surface area (Å²) < 4.78 is 0. The standard InChI is InChI=1S/C23H25Cl2N3OS/c1-4-23(2,3)16-5-7-19-14(10-16)9-15(12-26)22(28-19)30-13-21(29)27-20-8-6-17(24)11-18(20)25/h6,8-9,11,16H,4-5,7,10,13H2,1-3H3,(H,27,29). The summed E-state index contributed by atoms with van der Waals surface area (Å²) in [6, 6.07) is 9.14. The Bertz CT molecular complexity index is 1000. The van der Waals surface area contributed by atoms with Gasteiger partial charge >= 0.3 is 0 Å². The highest BCUT2D eigenvalue weighted by atomic mass is 35.5. The van der Waals surface area contributed by atoms with Crippen molar-refractivity contribution in [3.63, 3.8) is 0 Å². The minimum Gasteiger partial charge on any atom is -0.324 e. The third kappa shape index (κ3) is 5.29. The van der Waals surface area contributed by atoms with Gasteiger partial charge in [0.1, 0.15) is 11.1 Å². The first-order valence-corrected chi connectivity index (χ1v) is 11.8. The fourth-order valence-electron chi connectivity index (χ4n) is 3.70. The molecule has 1 heterocycles. The predicted molar refractivity (Wildman–Crippen MR) is 124 cm³/mol. The average Bonchev–Trinajstić information content (AvgIpc) is 2.73. The van der Waals surface area contributed by atoms with E-state index in [-0.39, 0.29) is 17.1 Å². The summed E-state index contributed by atoms with van der Waals surface area (Å²) >= 11 is 13.3. The van der Waals surface area contributed by atoms with Crippen molar-refractivity contribution < 1.29 is 4.79 Å². The van der Waals surface area contributed by atoms with Gasteiger partial charge in [-0.05, 0) is 60.4 Å². The van der Waals surface area contributed by atoms with Crippen molar-refractivity contribution in [2.75, 3.05) is 11.1 Å². The molecule has 7 heteroatoms. The number of nitrogens with one attached hydrogen (secondary N) is 1. The van der Waals surface area contributed by atoms with Gasteiger partial charge in [0.2, 0.25) is 5.91 Å². The number of pyridine rings is 1. The predicted octanol–water partition coefficient (Wildman–Crippen LogP) is 6.53. The van der Waals surface area contributed by atoms with Crippen LogP contribution in [0.4, 0.5) is 5.69 Å². The molecule has 0 spiro atoms. The number of nitrogens with zero attached hydrogens (tertiary/aromatic N) is 2. The van der Waals surface area contributed by atoms with Gasteiger partial charge in [-0.15, -0.1) is 0 Å². The largest absolute Gasteiger partial charge is 0.324 e. The molecule has 1 aromatic heterocycles. The molecule has 30 heavy (non-hydrogen) atoms. The lowest BCUT2D eigenvalue weighted by Crippen LogP contribution is -2.29. The molecule has 1 amide bonds. The van der Waals surface area contributed by atoms with E-state index in [0.717, 1.165) is 31.4 Å². The molecule has 1 aromatic carbocycles. The maximum absolute atomic E-state index is 12.4. The fourth-order valence-corrected chi connectivity index (χ4v) is 4.93. The second-order valence-electron chi connectivity index (χ2n) is 8.30. The normalized spacial score (nSPS) is 15.9. The highest BCUT2D eigenvalue weighted by Gasteiger charge is 2.32. The van der Waals surface area contributed by atoms with Gasteiger partial charge in [-0.1, -0.05) is 62.2 Å². The number of thioether (sulfide) groups is 1. The molecule has 0 bridgehead atoms. The summed E-state index contributed by atoms with van der Waals surface area (Å²) in [5.41, 5.74) is 3.55. The molecular weight excluding hydrogens is 437 g/mol. The number of benzene rings is 1. The molecule has 0 saturated heterocycles. The minimum absolute atomic E-state index is 0.144. The summed E-state index contributed by atoms with van der Waals surface area (Å²) in [5, 5.41) is 13.9. The van der Waals surface area contributed by atoms with Crippen molar-refractivity contribution >= 4 is 46.6 Å². The summed E-state index contributed by atoms with van der Waals surface area (Å²) in [6.07, 6.45) is 4.10. The van der Waals surface area contributed by atoms with Crippen molar-refractivity contribution in [3.8, 4) is 6.07 Å². The van der Waals surface area contributed by atoms with Gasteiger partial charge in [-0.3, -0.25) is 4.79 Å². The molecule has 0 radical (unpaired) electrons. The van der Waals surface area contributed by atoms with E-state index in [2.05, 4.69) is 32.2 Å². The van der Waals surface area contributed by atoms with Crippen LogP contribution in [0.5, 0.6) is 0 Å². The van der Waals surface area contributed by atoms with Crippen LogP contribution in [-0.4, -0.2) is 16.6 Å². The second kappa shape index (κ2) is 9.60. The molecule has 1 unspecified atom stereocenters. The van der Waals surface area contributed by atoms with E-state index < -0.39 is 0 Å². The molecule has 158 valence electrons. The number of aryl methyl sites for hydroxylation is 1. The third-order valence-corrected chi connectivity index (χ3v) is 7.57. The molecule has 0 fully saturated rings. The van der Waals surface area contributed by atoms with Crippen LogP contribution in [0.3, 0.4) is 0 Å². The van der Waals surface area contributed by atoms with Crippen LogP contribution in [0.2, 0.25) is 10.0 Å². The van der Waals surface area contributed by atoms with E-state index in [1.165, 1.54) is 17.3 Å². The van der Waals surface area contributed by atoms with Crippen LogP contribution in [0.25, 0.3) is 0 Å². The molecule has 3 rings (SSSR count). The van der Waals surface area contributed by atoms with Gasteiger partial charge < -0.3 is 5.32 Å². The van der Waals surface area contributed by atoms with Crippen molar-refractivity contribution in [2.24, 2.45) is 11.3 Å². The van der Waals surface area contributed by atoms with E-state index in [0.29, 0.717) is 32.2 Å². The smallest absolute Gasteiger partial charge is 0.234 e. The minimum atomic E-state index is -0.211. The number of fused-ring (bicyclic) bond motifs is 1. The summed E-state index contributed by atoms with van der Waals surface area (Å²) in [5.74, 6) is 0.527. The number of halogens is 2. The number of hydrogen-bond donors (Lipinski definition) is 1. The van der Waals surface area contributed by atoms with Crippen molar-refractivity contribution in [2.45, 2.75) is 51.5 Å². The quantitative estimate of drug-likeness (QED) is 0.496. The molecule has 1 N–H and O–H groups in total. The molecule has 1 aliphatic rings. The monoisotopic (exact) mass is 461 g/mol. The van der Waals surface area contributed by atoms with Crippen LogP contribution >= 0.6 is 35.0 Å². The number of rotatable bonds is 6. The molecule has 0 saturated carbocycles. The Morgan fingerprint density at radius 3 is 2.80 bits per heavy atom. The number of anilines is 1. The van der Waals surface area contributed by atoms with E-state index in [4.69, 9.17) is 28.2 Å². The Morgan fingerprint density at radius 2 is 2.13 bits per heavy atom. The first-order chi connectivity index (χ1) is 14.2. The highest BCUT2D eigenvalue weighted by molar-refractivity contribution is 8.00. The number of hydrogen-bond acceptors (Lipinski definition) is 4. The second-order valence-corrected chi connectivity index (χ2v) is 10.1. The summed E-state index contributed by atoms with van der Waals surface area (Å²) in [4.78, 5) is 17.1. The van der Waals surface area contributed by atoms with Gasteiger partial charge in [0.15, 0.2) is 0 Å². The first-order valence-electron chi connectivity index (χ1n) is 10.0. The SMILES string of the molecule is CCC(C)(C)C1CCc2nc(SCC(=O)Nc3ccc(Cl)cc3Cl)c(C#N)cc2C1. The zero-order chi connectivity index (χ0) is 21.9. The van der Waals surface area contributed by atoms with Crippen LogP contribution in [0.1, 0.15) is 50.4 Å². The van der Waals surface area contributed by atoms with E-state index in [9.17, 15) is 10.1 Å². The van der Waals surface area contributed by atoms with Gasteiger partial charge in [0.25, 0.3) is 0 Å². The Kier molecular flexibility index (Phi) is 7.34. The summed E-state index contributed by atoms with van der Waals surface area (Å²) in [6.45, 7) is 6.87. The number of carbonyl (C=O) groups is 1. The Labute approximate surface area is 192 Å². The van der Waals surface area contributed by atoms with Gasteiger partial charge in [-0.25, -0.2) is 4.98 Å². The highest BCUT2D eigenvalue weighted by Crippen LogP contribution is 2.40. The lowest BCUT2D eigenvalue weighted by Gasteiger charge is -2.37. The molecule has 1 aliphatic carbocycles. The van der Waals surface area contributed by atoms with Crippen molar-refractivity contribution in [1.82, 2.24) is 4.98 Å². The first kappa shape index (κ1) is 22.9. The van der Waals surface area contributed by atoms with Gasteiger partial charge in [0, 0.05) is 10.7 Å². The Morgan fingerprint density at radius 1 is 1.37 bits per heavy atom. The Hall–Kier alpha value is -1.74. The molecule has 4 nitrogen and oxygen atoms in total. The zero-order valence-electron chi connectivity index (χ0n) is 17.4. The third-order valence-electron chi connectivity index (χ3n) is 6.03. The maximum atomic E-state index is 12.4. The van der Waals surface area contributed by atoms with Crippen molar-refractivity contribution in [1.29, 1.82) is 5.26 Å². The molecule has 2 aromatic rings. The molecule has 0 aliphatic heterocycles. The van der Waals surface area contributed by atoms with Crippen molar-refractivity contribution in [3.05, 3.63) is 51.1 Å². The topological polar surface area (TPSA) is 65.8 Å². The number of nitriles is 1. The maximum Gasteiger partial charge on any atom is 0.234 e. The van der Waals surface area contributed by atoms with Crippen LogP contribution in [0.15, 0.2) is 29.3 Å². The van der Waals surface area contributed by atoms with E-state index in [1.807, 2.05) is 6.07 Å². The van der Waals surface area contributed by atoms with Crippen LogP contribution in [-0.2, 0) is 17.6 Å². The zero-order valence-corrected chi connectivity index (χ0v) is 19.7. The average molecular weight is 462 g/mol. The lowest BCUT2D eigenvalue weighted by atomic mass is 9.69. The number of aromatic nitrogens is 1. The number of amides is 1. The van der Waals surface area contributed by atoms with Crippen LogP contribution < -0.4 is 5.32 Å². The fraction of sp³-hybridized carbons (Fsp3) is 0.435. The van der Waals surface area contributed by atoms with Gasteiger partial charge in [-0.2, -0.15) is 5.26 Å². The number of carbonyl (C=O) groups excluding carboxylic acids is 1. The van der Waals surface area contributed by atoms with Crippen LogP contribution in [0, 0.1) is 22.7 Å². The molecular formula is C23H25Cl2N3OS. The van der Waals surface area contributed by atoms with E-state index in [1.54, 1.807) is 18.2 Å². The van der Waals surface area contributed by atoms with E-state index >= 15 is 0 Å².